The largest absolute Gasteiger partial charge is 0.325 e. The molecule has 1 heterocycles. The summed E-state index contributed by atoms with van der Waals surface area (Å²) in [7, 11) is 0. The fourth-order valence-electron chi connectivity index (χ4n) is 2.59. The first-order chi connectivity index (χ1) is 10.2. The summed E-state index contributed by atoms with van der Waals surface area (Å²) in [5.41, 5.74) is 2.22. The van der Waals surface area contributed by atoms with Gasteiger partial charge in [0.15, 0.2) is 0 Å². The van der Waals surface area contributed by atoms with E-state index in [1.54, 1.807) is 0 Å². The minimum Gasteiger partial charge on any atom is -0.325 e. The van der Waals surface area contributed by atoms with Crippen molar-refractivity contribution in [3.63, 3.8) is 0 Å². The van der Waals surface area contributed by atoms with E-state index >= 15 is 0 Å². The van der Waals surface area contributed by atoms with E-state index in [9.17, 15) is 4.79 Å². The van der Waals surface area contributed by atoms with Crippen LogP contribution >= 0.6 is 12.4 Å². The molecule has 22 heavy (non-hydrogen) atoms. The van der Waals surface area contributed by atoms with E-state index in [1.165, 1.54) is 5.56 Å². The summed E-state index contributed by atoms with van der Waals surface area (Å²) in [6.07, 6.45) is 2.24. The second-order valence-corrected chi connectivity index (χ2v) is 5.86. The second-order valence-electron chi connectivity index (χ2n) is 5.86. The maximum Gasteiger partial charge on any atom is 0.238 e. The Kier molecular flexibility index (Phi) is 8.46. The van der Waals surface area contributed by atoms with Gasteiger partial charge in [-0.25, -0.2) is 0 Å². The third-order valence-corrected chi connectivity index (χ3v) is 4.18. The van der Waals surface area contributed by atoms with Gasteiger partial charge in [-0.3, -0.25) is 9.69 Å². The van der Waals surface area contributed by atoms with E-state index in [1.807, 2.05) is 12.1 Å². The number of benzene rings is 1. The lowest BCUT2D eigenvalue weighted by molar-refractivity contribution is -0.117. The molecule has 4 nitrogen and oxygen atoms in total. The van der Waals surface area contributed by atoms with Gasteiger partial charge in [0.25, 0.3) is 0 Å². The van der Waals surface area contributed by atoms with E-state index < -0.39 is 0 Å². The molecule has 1 saturated heterocycles. The van der Waals surface area contributed by atoms with Gasteiger partial charge >= 0.3 is 0 Å². The molecule has 2 N–H and O–H groups in total. The highest BCUT2D eigenvalue weighted by molar-refractivity contribution is 5.92. The highest BCUT2D eigenvalue weighted by Crippen LogP contribution is 2.20. The zero-order chi connectivity index (χ0) is 15.1. The lowest BCUT2D eigenvalue weighted by Crippen LogP contribution is -2.35. The zero-order valence-electron chi connectivity index (χ0n) is 13.6. The number of anilines is 1. The molecule has 1 aromatic carbocycles. The number of nitrogens with one attached hydrogen (secondary N) is 2. The van der Waals surface area contributed by atoms with Crippen LogP contribution in [0.2, 0.25) is 0 Å². The molecule has 0 aromatic heterocycles. The van der Waals surface area contributed by atoms with Gasteiger partial charge < -0.3 is 10.6 Å². The fraction of sp³-hybridized carbons (Fsp3) is 0.588. The Balaban J connectivity index is 0.00000242. The number of hydrogen-bond donors (Lipinski definition) is 2. The molecule has 0 aliphatic carbocycles. The lowest BCUT2D eigenvalue weighted by Gasteiger charge is -2.18. The monoisotopic (exact) mass is 325 g/mol. The van der Waals surface area contributed by atoms with Gasteiger partial charge in [-0.2, -0.15) is 0 Å². The number of carbonyl (C=O) groups is 1. The predicted octanol–water partition coefficient (Wildman–Crippen LogP) is 2.86. The van der Waals surface area contributed by atoms with Crippen molar-refractivity contribution < 1.29 is 4.79 Å². The number of rotatable bonds is 5. The molecule has 0 radical (unpaired) electrons. The van der Waals surface area contributed by atoms with Gasteiger partial charge in [-0.15, -0.1) is 12.4 Å². The van der Waals surface area contributed by atoms with Crippen molar-refractivity contribution in [3.8, 4) is 0 Å². The van der Waals surface area contributed by atoms with Crippen molar-refractivity contribution in [1.29, 1.82) is 0 Å². The van der Waals surface area contributed by atoms with E-state index in [0.717, 1.165) is 44.7 Å². The van der Waals surface area contributed by atoms with Crippen LogP contribution in [-0.2, 0) is 4.79 Å². The molecule has 1 aromatic rings. The standard InChI is InChI=1S/C17H27N3O.ClH/c1-3-14(2)15-5-7-16(8-6-15)19-17(21)13-20-11-4-9-18-10-12-20;/h5-8,14,18H,3-4,9-13H2,1-2H3,(H,19,21);1H. The van der Waals surface area contributed by atoms with E-state index in [-0.39, 0.29) is 18.3 Å². The molecule has 1 unspecified atom stereocenters. The van der Waals surface area contributed by atoms with Gasteiger partial charge in [0.2, 0.25) is 5.91 Å². The smallest absolute Gasteiger partial charge is 0.238 e. The van der Waals surface area contributed by atoms with Gasteiger partial charge in [-0.05, 0) is 49.5 Å². The first kappa shape index (κ1) is 18.9. The Morgan fingerprint density at radius 1 is 1.27 bits per heavy atom. The number of carbonyl (C=O) groups excluding carboxylic acids is 1. The molecule has 0 saturated carbocycles. The SMILES string of the molecule is CCC(C)c1ccc(NC(=O)CN2CCCNCC2)cc1.Cl. The van der Waals surface area contributed by atoms with Crippen LogP contribution in [0.5, 0.6) is 0 Å². The Labute approximate surface area is 140 Å². The number of nitrogens with zero attached hydrogens (tertiary/aromatic N) is 1. The van der Waals surface area contributed by atoms with Gasteiger partial charge in [0.1, 0.15) is 0 Å². The number of hydrogen-bond acceptors (Lipinski definition) is 3. The number of halogens is 1. The van der Waals surface area contributed by atoms with Crippen LogP contribution in [0, 0.1) is 0 Å². The minimum absolute atomic E-state index is 0. The summed E-state index contributed by atoms with van der Waals surface area (Å²) in [4.78, 5) is 14.3. The lowest BCUT2D eigenvalue weighted by atomic mass is 9.99. The van der Waals surface area contributed by atoms with Crippen molar-refractivity contribution in [3.05, 3.63) is 29.8 Å². The van der Waals surface area contributed by atoms with Gasteiger partial charge in [0.05, 0.1) is 6.54 Å². The Bertz CT molecular complexity index is 442. The van der Waals surface area contributed by atoms with Crippen LogP contribution in [0.15, 0.2) is 24.3 Å². The van der Waals surface area contributed by atoms with Crippen LogP contribution in [0.4, 0.5) is 5.69 Å². The summed E-state index contributed by atoms with van der Waals surface area (Å²) >= 11 is 0. The fourth-order valence-corrected chi connectivity index (χ4v) is 2.59. The molecular weight excluding hydrogens is 298 g/mol. The normalized spacial score (nSPS) is 17.2. The van der Waals surface area contributed by atoms with Crippen molar-refractivity contribution in [2.75, 3.05) is 38.0 Å². The van der Waals surface area contributed by atoms with Crippen LogP contribution in [0.1, 0.15) is 38.2 Å². The van der Waals surface area contributed by atoms with Crippen LogP contribution in [0.3, 0.4) is 0 Å². The van der Waals surface area contributed by atoms with Crippen LogP contribution in [0.25, 0.3) is 0 Å². The molecule has 1 atom stereocenters. The van der Waals surface area contributed by atoms with Gasteiger partial charge in [-0.1, -0.05) is 26.0 Å². The molecule has 1 fully saturated rings. The first-order valence-corrected chi connectivity index (χ1v) is 8.02. The summed E-state index contributed by atoms with van der Waals surface area (Å²) in [6, 6.07) is 8.23. The maximum atomic E-state index is 12.1. The summed E-state index contributed by atoms with van der Waals surface area (Å²) in [5.74, 6) is 0.646. The highest BCUT2D eigenvalue weighted by Gasteiger charge is 2.12. The zero-order valence-corrected chi connectivity index (χ0v) is 14.4. The molecule has 0 spiro atoms. The summed E-state index contributed by atoms with van der Waals surface area (Å²) in [5, 5.41) is 6.34. The Morgan fingerprint density at radius 3 is 2.68 bits per heavy atom. The van der Waals surface area contributed by atoms with E-state index in [2.05, 4.69) is 41.5 Å². The molecule has 2 rings (SSSR count). The average molecular weight is 326 g/mol. The summed E-state index contributed by atoms with van der Waals surface area (Å²) in [6.45, 7) is 8.85. The quantitative estimate of drug-likeness (QED) is 0.875. The third kappa shape index (κ3) is 5.95. The Morgan fingerprint density at radius 2 is 2.00 bits per heavy atom. The third-order valence-electron chi connectivity index (χ3n) is 4.18. The molecule has 0 bridgehead atoms. The predicted molar refractivity (Wildman–Crippen MR) is 95.0 cm³/mol. The van der Waals surface area contributed by atoms with Crippen molar-refractivity contribution in [1.82, 2.24) is 10.2 Å². The van der Waals surface area contributed by atoms with Crippen LogP contribution < -0.4 is 10.6 Å². The van der Waals surface area contributed by atoms with Crippen molar-refractivity contribution in [2.24, 2.45) is 0 Å². The minimum atomic E-state index is 0. The van der Waals surface area contributed by atoms with E-state index in [4.69, 9.17) is 0 Å². The molecule has 1 amide bonds. The maximum absolute atomic E-state index is 12.1. The van der Waals surface area contributed by atoms with Crippen LogP contribution in [-0.4, -0.2) is 43.5 Å². The number of amides is 1. The molecular formula is C17H28ClN3O. The van der Waals surface area contributed by atoms with Gasteiger partial charge in [0, 0.05) is 18.8 Å². The van der Waals surface area contributed by atoms with E-state index in [0.29, 0.717) is 12.5 Å². The second kappa shape index (κ2) is 9.82. The molecule has 1 aliphatic rings. The highest BCUT2D eigenvalue weighted by atomic mass is 35.5. The average Bonchev–Trinajstić information content (AvgIpc) is 2.75. The summed E-state index contributed by atoms with van der Waals surface area (Å²) < 4.78 is 0. The van der Waals surface area contributed by atoms with Crippen molar-refractivity contribution in [2.45, 2.75) is 32.6 Å². The first-order valence-electron chi connectivity index (χ1n) is 8.02. The topological polar surface area (TPSA) is 44.4 Å². The molecule has 124 valence electrons. The molecule has 5 heteroatoms. The Hall–Kier alpha value is -1.10. The van der Waals surface area contributed by atoms with Crippen molar-refractivity contribution >= 4 is 24.0 Å². The molecule has 1 aliphatic heterocycles.